The number of nitrogens with one attached hydrogen (secondary N) is 1. The summed E-state index contributed by atoms with van der Waals surface area (Å²) < 4.78 is 27.6. The molecule has 3 rings (SSSR count). The fourth-order valence-corrected chi connectivity index (χ4v) is 3.33. The van der Waals surface area contributed by atoms with Crippen molar-refractivity contribution in [2.45, 2.75) is 44.1 Å². The van der Waals surface area contributed by atoms with Gasteiger partial charge in [-0.3, -0.25) is 0 Å². The molecule has 0 amide bonds. The number of hydrogen-bond donors (Lipinski definition) is 1. The Labute approximate surface area is 107 Å². The first-order valence-corrected chi connectivity index (χ1v) is 6.93. The summed E-state index contributed by atoms with van der Waals surface area (Å²) in [6, 6.07) is 4.59. The second-order valence-corrected chi connectivity index (χ2v) is 5.58. The number of rotatable bonds is 2. The summed E-state index contributed by atoms with van der Waals surface area (Å²) in [5.74, 6) is -0.899. The first-order valence-electron chi connectivity index (χ1n) is 6.93. The molecule has 1 aromatic rings. The van der Waals surface area contributed by atoms with Crippen molar-refractivity contribution in [2.24, 2.45) is 5.92 Å². The molecule has 1 aromatic carbocycles. The van der Waals surface area contributed by atoms with E-state index in [1.165, 1.54) is 12.5 Å². The highest BCUT2D eigenvalue weighted by Gasteiger charge is 2.47. The third kappa shape index (κ3) is 1.95. The van der Waals surface area contributed by atoms with Crippen LogP contribution < -0.4 is 5.32 Å². The Morgan fingerprint density at radius 3 is 2.72 bits per heavy atom. The van der Waals surface area contributed by atoms with Crippen molar-refractivity contribution in [3.8, 4) is 0 Å². The van der Waals surface area contributed by atoms with Crippen molar-refractivity contribution in [1.82, 2.24) is 5.32 Å². The van der Waals surface area contributed by atoms with Crippen molar-refractivity contribution in [1.29, 1.82) is 0 Å². The predicted octanol–water partition coefficient (Wildman–Crippen LogP) is 3.73. The summed E-state index contributed by atoms with van der Waals surface area (Å²) in [4.78, 5) is 0. The molecule has 0 radical (unpaired) electrons. The van der Waals surface area contributed by atoms with Crippen LogP contribution in [0.25, 0.3) is 0 Å². The second-order valence-electron chi connectivity index (χ2n) is 5.58. The summed E-state index contributed by atoms with van der Waals surface area (Å²) in [6.45, 7) is 0.909. The van der Waals surface area contributed by atoms with Gasteiger partial charge in [0.2, 0.25) is 0 Å². The van der Waals surface area contributed by atoms with Crippen LogP contribution in [0, 0.1) is 17.6 Å². The lowest BCUT2D eigenvalue weighted by Crippen LogP contribution is -2.44. The van der Waals surface area contributed by atoms with E-state index in [4.69, 9.17) is 0 Å². The fourth-order valence-electron chi connectivity index (χ4n) is 3.33. The van der Waals surface area contributed by atoms with Gasteiger partial charge in [-0.25, -0.2) is 8.78 Å². The van der Waals surface area contributed by atoms with Gasteiger partial charge in [-0.05, 0) is 44.2 Å². The van der Waals surface area contributed by atoms with E-state index in [1.807, 2.05) is 0 Å². The van der Waals surface area contributed by atoms with Gasteiger partial charge in [-0.1, -0.05) is 25.0 Å². The normalized spacial score (nSPS) is 29.0. The molecule has 1 unspecified atom stereocenters. The monoisotopic (exact) mass is 251 g/mol. The topological polar surface area (TPSA) is 12.0 Å². The van der Waals surface area contributed by atoms with Crippen molar-refractivity contribution >= 4 is 0 Å². The highest BCUT2D eigenvalue weighted by molar-refractivity contribution is 5.30. The molecule has 1 saturated heterocycles. The third-order valence-corrected chi connectivity index (χ3v) is 4.39. The molecular weight excluding hydrogens is 232 g/mol. The van der Waals surface area contributed by atoms with E-state index >= 15 is 0 Å². The maximum atomic E-state index is 14.1. The van der Waals surface area contributed by atoms with Gasteiger partial charge in [0.05, 0.1) is 0 Å². The van der Waals surface area contributed by atoms with Crippen LogP contribution in [0.5, 0.6) is 0 Å². The molecule has 0 spiro atoms. The van der Waals surface area contributed by atoms with E-state index in [1.54, 1.807) is 12.1 Å². The number of hydrogen-bond acceptors (Lipinski definition) is 1. The van der Waals surface area contributed by atoms with Crippen LogP contribution >= 0.6 is 0 Å². The number of benzene rings is 1. The van der Waals surface area contributed by atoms with Crippen molar-refractivity contribution in [2.75, 3.05) is 6.54 Å². The van der Waals surface area contributed by atoms with Crippen molar-refractivity contribution < 1.29 is 8.78 Å². The van der Waals surface area contributed by atoms with E-state index in [0.717, 1.165) is 38.6 Å². The molecule has 2 fully saturated rings. The zero-order chi connectivity index (χ0) is 12.6. The SMILES string of the molecule is Fc1cccc(C2(C3CC3)CCCCCN2)c1F. The summed E-state index contributed by atoms with van der Waals surface area (Å²) in [5, 5.41) is 3.53. The molecule has 1 atom stereocenters. The highest BCUT2D eigenvalue weighted by atomic mass is 19.2. The van der Waals surface area contributed by atoms with Gasteiger partial charge in [0.15, 0.2) is 11.6 Å². The van der Waals surface area contributed by atoms with Gasteiger partial charge in [-0.15, -0.1) is 0 Å². The van der Waals surface area contributed by atoms with Gasteiger partial charge in [0.1, 0.15) is 0 Å². The molecule has 0 aromatic heterocycles. The molecule has 0 bridgehead atoms. The maximum absolute atomic E-state index is 14.1. The first kappa shape index (κ1) is 12.1. The Balaban J connectivity index is 2.05. The lowest BCUT2D eigenvalue weighted by molar-refractivity contribution is 0.265. The zero-order valence-corrected chi connectivity index (χ0v) is 10.5. The molecule has 18 heavy (non-hydrogen) atoms. The van der Waals surface area contributed by atoms with Crippen LogP contribution in [0.15, 0.2) is 18.2 Å². The molecule has 98 valence electrons. The average Bonchev–Trinajstić information content (AvgIpc) is 3.17. The van der Waals surface area contributed by atoms with E-state index < -0.39 is 11.6 Å². The smallest absolute Gasteiger partial charge is 0.163 e. The van der Waals surface area contributed by atoms with Crippen LogP contribution in [0.2, 0.25) is 0 Å². The largest absolute Gasteiger partial charge is 0.307 e. The molecule has 1 aliphatic carbocycles. The lowest BCUT2D eigenvalue weighted by atomic mass is 9.80. The van der Waals surface area contributed by atoms with Crippen LogP contribution in [-0.4, -0.2) is 6.54 Å². The fraction of sp³-hybridized carbons (Fsp3) is 0.600. The highest BCUT2D eigenvalue weighted by Crippen LogP contribution is 2.50. The molecule has 1 heterocycles. The van der Waals surface area contributed by atoms with E-state index in [0.29, 0.717) is 11.5 Å². The quantitative estimate of drug-likeness (QED) is 0.844. The Hall–Kier alpha value is -0.960. The van der Waals surface area contributed by atoms with Gasteiger partial charge < -0.3 is 5.32 Å². The minimum Gasteiger partial charge on any atom is -0.307 e. The lowest BCUT2D eigenvalue weighted by Gasteiger charge is -2.35. The first-order chi connectivity index (χ1) is 8.74. The Morgan fingerprint density at radius 1 is 1.11 bits per heavy atom. The van der Waals surface area contributed by atoms with E-state index in [2.05, 4.69) is 5.32 Å². The van der Waals surface area contributed by atoms with E-state index in [-0.39, 0.29) is 5.54 Å². The van der Waals surface area contributed by atoms with Crippen LogP contribution in [0.3, 0.4) is 0 Å². The minimum atomic E-state index is -0.724. The van der Waals surface area contributed by atoms with Gasteiger partial charge in [-0.2, -0.15) is 0 Å². The summed E-state index contributed by atoms with van der Waals surface area (Å²) in [5.41, 5.74) is 0.231. The minimum absolute atomic E-state index is 0.317. The van der Waals surface area contributed by atoms with Crippen molar-refractivity contribution in [3.63, 3.8) is 0 Å². The standard InChI is InChI=1S/C15H19F2N/c16-13-6-4-5-12(14(13)17)15(11-7-8-11)9-2-1-3-10-18-15/h4-6,11,18H,1-3,7-10H2. The van der Waals surface area contributed by atoms with Gasteiger partial charge >= 0.3 is 0 Å². The summed E-state index contributed by atoms with van der Waals surface area (Å²) >= 11 is 0. The molecule has 1 aliphatic heterocycles. The summed E-state index contributed by atoms with van der Waals surface area (Å²) in [6.07, 6.45) is 6.59. The molecule has 1 saturated carbocycles. The van der Waals surface area contributed by atoms with Gasteiger partial charge in [0, 0.05) is 11.1 Å². The van der Waals surface area contributed by atoms with Crippen LogP contribution in [-0.2, 0) is 5.54 Å². The molecular formula is C15H19F2N. The predicted molar refractivity (Wildman–Crippen MR) is 67.2 cm³/mol. The summed E-state index contributed by atoms with van der Waals surface area (Å²) in [7, 11) is 0. The Morgan fingerprint density at radius 2 is 1.94 bits per heavy atom. The van der Waals surface area contributed by atoms with Crippen LogP contribution in [0.1, 0.15) is 44.1 Å². The zero-order valence-electron chi connectivity index (χ0n) is 10.5. The molecule has 3 heteroatoms. The van der Waals surface area contributed by atoms with E-state index in [9.17, 15) is 8.78 Å². The van der Waals surface area contributed by atoms with Crippen molar-refractivity contribution in [3.05, 3.63) is 35.4 Å². The van der Waals surface area contributed by atoms with Gasteiger partial charge in [0.25, 0.3) is 0 Å². The molecule has 1 N–H and O–H groups in total. The second kappa shape index (κ2) is 4.61. The van der Waals surface area contributed by atoms with Crippen LogP contribution in [0.4, 0.5) is 8.78 Å². The number of halogens is 2. The molecule has 1 nitrogen and oxygen atoms in total. The maximum Gasteiger partial charge on any atom is 0.163 e. The third-order valence-electron chi connectivity index (χ3n) is 4.39. The molecule has 2 aliphatic rings. The Kier molecular flexibility index (Phi) is 3.10. The Bertz CT molecular complexity index is 432. The average molecular weight is 251 g/mol.